The molecule has 29 heavy (non-hydrogen) atoms. The number of nitrogens with zero attached hydrogens (tertiary/aromatic N) is 3. The number of ether oxygens (including phenoxy) is 1. The molecule has 2 aromatic carbocycles. The minimum atomic E-state index is -0.635. The van der Waals surface area contributed by atoms with E-state index in [1.807, 2.05) is 61.6 Å². The van der Waals surface area contributed by atoms with Gasteiger partial charge in [-0.2, -0.15) is 5.10 Å². The Kier molecular flexibility index (Phi) is 6.49. The van der Waals surface area contributed by atoms with E-state index in [0.717, 1.165) is 17.9 Å². The average molecular weight is 394 g/mol. The molecule has 0 fully saturated rings. The summed E-state index contributed by atoms with van der Waals surface area (Å²) in [6, 6.07) is 16.4. The largest absolute Gasteiger partial charge is 0.461 e. The molecular formula is C22H26N4O3. The van der Waals surface area contributed by atoms with E-state index in [4.69, 9.17) is 4.74 Å². The van der Waals surface area contributed by atoms with Gasteiger partial charge in [-0.3, -0.25) is 9.80 Å². The maximum atomic E-state index is 13.1. The first-order valence-corrected chi connectivity index (χ1v) is 9.74. The van der Waals surface area contributed by atoms with Crippen molar-refractivity contribution in [2.45, 2.75) is 26.3 Å². The van der Waals surface area contributed by atoms with Crippen molar-refractivity contribution >= 4 is 34.7 Å². The second kappa shape index (κ2) is 9.23. The van der Waals surface area contributed by atoms with Gasteiger partial charge in [0.15, 0.2) is 0 Å². The lowest BCUT2D eigenvalue weighted by Gasteiger charge is -2.23. The maximum absolute atomic E-state index is 13.1. The molecule has 7 heteroatoms. The van der Waals surface area contributed by atoms with Crippen molar-refractivity contribution in [2.75, 3.05) is 35.4 Å². The second-order valence-corrected chi connectivity index (χ2v) is 6.72. The second-order valence-electron chi connectivity index (χ2n) is 6.72. The monoisotopic (exact) mass is 394 g/mol. The molecule has 1 N–H and O–H groups in total. The molecule has 2 aromatic rings. The molecule has 0 saturated heterocycles. The molecule has 0 aromatic heterocycles. The molecule has 0 saturated carbocycles. The summed E-state index contributed by atoms with van der Waals surface area (Å²) >= 11 is 0. The van der Waals surface area contributed by atoms with Crippen LogP contribution in [0.25, 0.3) is 0 Å². The number of hydrogen-bond donors (Lipinski definition) is 1. The Morgan fingerprint density at radius 3 is 2.62 bits per heavy atom. The first kappa shape index (κ1) is 20.4. The Labute approximate surface area is 171 Å². The highest BCUT2D eigenvalue weighted by atomic mass is 16.5. The summed E-state index contributed by atoms with van der Waals surface area (Å²) in [7, 11) is 1.99. The molecule has 1 amide bonds. The zero-order valence-corrected chi connectivity index (χ0v) is 17.0. The number of nitrogens with one attached hydrogen (secondary N) is 1. The minimum Gasteiger partial charge on any atom is -0.461 e. The molecule has 1 aliphatic rings. The van der Waals surface area contributed by atoms with Crippen LogP contribution in [-0.4, -0.2) is 43.8 Å². The number of para-hydroxylation sites is 1. The van der Waals surface area contributed by atoms with E-state index in [0.29, 0.717) is 5.69 Å². The molecule has 0 bridgehead atoms. The van der Waals surface area contributed by atoms with Crippen LogP contribution in [0.5, 0.6) is 0 Å². The van der Waals surface area contributed by atoms with Gasteiger partial charge in [0.05, 0.1) is 12.3 Å². The number of carbonyl (C=O) groups excluding carboxylic acids is 2. The lowest BCUT2D eigenvalue weighted by atomic mass is 10.1. The third-order valence-corrected chi connectivity index (χ3v) is 4.77. The molecule has 1 aliphatic heterocycles. The zero-order chi connectivity index (χ0) is 20.8. The van der Waals surface area contributed by atoms with Crippen molar-refractivity contribution < 1.29 is 14.3 Å². The quantitative estimate of drug-likeness (QED) is 0.730. The molecule has 0 radical (unpaired) electrons. The number of benzene rings is 2. The molecule has 1 atom stereocenters. The number of rotatable bonds is 7. The highest BCUT2D eigenvalue weighted by Gasteiger charge is 2.36. The summed E-state index contributed by atoms with van der Waals surface area (Å²) in [6.07, 6.45) is 0.189. The predicted octanol–water partition coefficient (Wildman–Crippen LogP) is 3.28. The van der Waals surface area contributed by atoms with Crippen LogP contribution in [0.15, 0.2) is 59.7 Å². The van der Waals surface area contributed by atoms with E-state index >= 15 is 0 Å². The van der Waals surface area contributed by atoms with Gasteiger partial charge in [-0.25, -0.2) is 4.79 Å². The Morgan fingerprint density at radius 1 is 1.17 bits per heavy atom. The molecule has 1 heterocycles. The molecule has 0 spiro atoms. The Bertz CT molecular complexity index is 898. The summed E-state index contributed by atoms with van der Waals surface area (Å²) in [4.78, 5) is 27.4. The van der Waals surface area contributed by atoms with Crippen LogP contribution in [0.1, 0.15) is 20.3 Å². The number of hydrogen-bond acceptors (Lipinski definition) is 6. The maximum Gasteiger partial charge on any atom is 0.354 e. The first-order chi connectivity index (χ1) is 14.0. The molecular weight excluding hydrogens is 368 g/mol. The number of anilines is 3. The van der Waals surface area contributed by atoms with E-state index in [9.17, 15) is 9.59 Å². The van der Waals surface area contributed by atoms with Crippen LogP contribution < -0.4 is 15.2 Å². The van der Waals surface area contributed by atoms with Crippen LogP contribution >= 0.6 is 0 Å². The van der Waals surface area contributed by atoms with Crippen LogP contribution in [-0.2, 0) is 14.3 Å². The Morgan fingerprint density at radius 2 is 1.93 bits per heavy atom. The number of hydrazone groups is 1. The molecule has 1 unspecified atom stereocenters. The number of amides is 1. The third kappa shape index (κ3) is 4.74. The Balaban J connectivity index is 1.82. The van der Waals surface area contributed by atoms with E-state index < -0.39 is 12.0 Å². The van der Waals surface area contributed by atoms with Gasteiger partial charge >= 0.3 is 5.97 Å². The topological polar surface area (TPSA) is 74.2 Å². The molecule has 3 rings (SSSR count). The highest BCUT2D eigenvalue weighted by Crippen LogP contribution is 2.26. The van der Waals surface area contributed by atoms with Crippen molar-refractivity contribution in [2.24, 2.45) is 5.10 Å². The lowest BCUT2D eigenvalue weighted by Crippen LogP contribution is -2.38. The molecule has 7 nitrogen and oxygen atoms in total. The highest BCUT2D eigenvalue weighted by molar-refractivity contribution is 6.38. The van der Waals surface area contributed by atoms with Gasteiger partial charge in [-0.1, -0.05) is 24.3 Å². The third-order valence-electron chi connectivity index (χ3n) is 4.77. The van der Waals surface area contributed by atoms with E-state index in [1.54, 1.807) is 11.9 Å². The van der Waals surface area contributed by atoms with E-state index in [1.165, 1.54) is 0 Å². The number of carbonyl (C=O) groups is 2. The fourth-order valence-corrected chi connectivity index (χ4v) is 3.10. The van der Waals surface area contributed by atoms with Gasteiger partial charge < -0.3 is 15.0 Å². The summed E-state index contributed by atoms with van der Waals surface area (Å²) in [5.41, 5.74) is 2.70. The van der Waals surface area contributed by atoms with Gasteiger partial charge in [0.2, 0.25) is 5.91 Å². The van der Waals surface area contributed by atoms with Crippen molar-refractivity contribution in [1.29, 1.82) is 0 Å². The standard InChI is InChI=1S/C22H26N4O3/c1-4-25(3)18-13-9-10-16(14-18)23-21(27)20-15-19(22(28)29-5-2)24-26(20)17-11-7-6-8-12-17/h6-14,20H,4-5,15H2,1-3H3,(H,23,27). The molecule has 0 aliphatic carbocycles. The smallest absolute Gasteiger partial charge is 0.354 e. The van der Waals surface area contributed by atoms with Crippen LogP contribution in [0.3, 0.4) is 0 Å². The summed E-state index contributed by atoms with van der Waals surface area (Å²) in [5.74, 6) is -0.719. The van der Waals surface area contributed by atoms with Gasteiger partial charge in [0.1, 0.15) is 11.8 Å². The van der Waals surface area contributed by atoms with Crippen molar-refractivity contribution in [3.63, 3.8) is 0 Å². The van der Waals surface area contributed by atoms with E-state index in [2.05, 4.69) is 22.2 Å². The predicted molar refractivity (Wildman–Crippen MR) is 115 cm³/mol. The first-order valence-electron chi connectivity index (χ1n) is 9.74. The van der Waals surface area contributed by atoms with Gasteiger partial charge in [0.25, 0.3) is 0 Å². The van der Waals surface area contributed by atoms with Gasteiger partial charge in [-0.15, -0.1) is 0 Å². The minimum absolute atomic E-state index is 0.189. The average Bonchev–Trinajstić information content (AvgIpc) is 3.20. The zero-order valence-electron chi connectivity index (χ0n) is 17.0. The SMILES string of the molecule is CCOC(=O)C1=NN(c2ccccc2)C(C(=O)Nc2cccc(N(C)CC)c2)C1. The van der Waals surface area contributed by atoms with Crippen LogP contribution in [0, 0.1) is 0 Å². The van der Waals surface area contributed by atoms with Crippen molar-refractivity contribution in [3.8, 4) is 0 Å². The van der Waals surface area contributed by atoms with Crippen LogP contribution in [0.2, 0.25) is 0 Å². The van der Waals surface area contributed by atoms with Crippen LogP contribution in [0.4, 0.5) is 17.1 Å². The Hall–Kier alpha value is -3.35. The van der Waals surface area contributed by atoms with Crippen molar-refractivity contribution in [1.82, 2.24) is 0 Å². The summed E-state index contributed by atoms with van der Waals surface area (Å²) in [6.45, 7) is 4.93. The van der Waals surface area contributed by atoms with Crippen molar-refractivity contribution in [3.05, 3.63) is 54.6 Å². The summed E-state index contributed by atoms with van der Waals surface area (Å²) in [5, 5.41) is 8.94. The normalized spacial score (nSPS) is 15.6. The molecule has 152 valence electrons. The van der Waals surface area contributed by atoms with E-state index in [-0.39, 0.29) is 24.6 Å². The van der Waals surface area contributed by atoms with Gasteiger partial charge in [-0.05, 0) is 44.2 Å². The fourth-order valence-electron chi connectivity index (χ4n) is 3.10. The van der Waals surface area contributed by atoms with Gasteiger partial charge in [0, 0.05) is 31.4 Å². The fraction of sp³-hybridized carbons (Fsp3) is 0.318. The summed E-state index contributed by atoms with van der Waals surface area (Å²) < 4.78 is 5.08. The number of esters is 1. The lowest BCUT2D eigenvalue weighted by molar-refractivity contribution is -0.135.